The van der Waals surface area contributed by atoms with Crippen LogP contribution in [0.5, 0.6) is 11.5 Å². The van der Waals surface area contributed by atoms with Gasteiger partial charge in [-0.15, -0.1) is 0 Å². The molecule has 1 aromatic rings. The lowest BCUT2D eigenvalue weighted by Crippen LogP contribution is -2.56. The van der Waals surface area contributed by atoms with Crippen LogP contribution in [0.25, 0.3) is 0 Å². The number of nitrogens with one attached hydrogen (secondary N) is 2. The average molecular weight is 363 g/mol. The minimum atomic E-state index is -0.262. The Hall–Kier alpha value is -1.83. The molecule has 0 aliphatic carbocycles. The molecule has 0 bridgehead atoms. The quantitative estimate of drug-likeness (QED) is 0.769. The second kappa shape index (κ2) is 8.70. The Kier molecular flexibility index (Phi) is 6.34. The lowest BCUT2D eigenvalue weighted by atomic mass is 9.99. The summed E-state index contributed by atoms with van der Waals surface area (Å²) in [5.41, 5.74) is 2.57. The van der Waals surface area contributed by atoms with Crippen LogP contribution < -0.4 is 20.1 Å². The Morgan fingerprint density at radius 2 is 2.04 bits per heavy atom. The largest absolute Gasteiger partial charge is 0.493 e. The van der Waals surface area contributed by atoms with E-state index in [9.17, 15) is 4.79 Å². The van der Waals surface area contributed by atoms with Crippen LogP contribution in [-0.4, -0.2) is 70.0 Å². The van der Waals surface area contributed by atoms with Crippen LogP contribution in [-0.2, 0) is 22.5 Å². The molecule has 1 fully saturated rings. The lowest BCUT2D eigenvalue weighted by Gasteiger charge is -2.31. The van der Waals surface area contributed by atoms with Crippen molar-refractivity contribution < 1.29 is 19.0 Å². The summed E-state index contributed by atoms with van der Waals surface area (Å²) in [6.45, 7) is 6.59. The molecule has 1 aromatic carbocycles. The van der Waals surface area contributed by atoms with E-state index in [1.165, 1.54) is 11.1 Å². The van der Waals surface area contributed by atoms with Gasteiger partial charge in [0.05, 0.1) is 26.9 Å². The fourth-order valence-electron chi connectivity index (χ4n) is 3.61. The highest BCUT2D eigenvalue weighted by Gasteiger charge is 2.28. The molecule has 2 atom stereocenters. The second-order valence-corrected chi connectivity index (χ2v) is 6.80. The maximum atomic E-state index is 12.3. The Labute approximate surface area is 155 Å². The molecule has 7 heteroatoms. The van der Waals surface area contributed by atoms with Crippen molar-refractivity contribution in [3.63, 3.8) is 0 Å². The Balaban J connectivity index is 1.51. The summed E-state index contributed by atoms with van der Waals surface area (Å²) in [6, 6.07) is 3.87. The minimum Gasteiger partial charge on any atom is -0.493 e. The van der Waals surface area contributed by atoms with Crippen LogP contribution in [0.15, 0.2) is 12.1 Å². The van der Waals surface area contributed by atoms with E-state index in [0.29, 0.717) is 13.2 Å². The number of carbonyl (C=O) groups is 1. The number of hydrogen-bond donors (Lipinski definition) is 2. The number of methoxy groups -OCH3 is 2. The van der Waals surface area contributed by atoms with Gasteiger partial charge in [0.25, 0.3) is 0 Å². The van der Waals surface area contributed by atoms with E-state index in [2.05, 4.69) is 27.7 Å². The molecular weight excluding hydrogens is 334 g/mol. The highest BCUT2D eigenvalue weighted by molar-refractivity contribution is 5.82. The minimum absolute atomic E-state index is 0.0148. The molecule has 2 heterocycles. The van der Waals surface area contributed by atoms with Crippen molar-refractivity contribution in [2.75, 3.05) is 47.0 Å². The van der Waals surface area contributed by atoms with Crippen molar-refractivity contribution >= 4 is 5.91 Å². The first kappa shape index (κ1) is 18.9. The van der Waals surface area contributed by atoms with Crippen molar-refractivity contribution in [3.05, 3.63) is 23.3 Å². The van der Waals surface area contributed by atoms with Gasteiger partial charge in [0.1, 0.15) is 6.04 Å². The van der Waals surface area contributed by atoms with Crippen LogP contribution in [0.3, 0.4) is 0 Å². The molecule has 0 aromatic heterocycles. The molecule has 0 unspecified atom stereocenters. The second-order valence-electron chi connectivity index (χ2n) is 6.80. The van der Waals surface area contributed by atoms with Crippen molar-refractivity contribution in [2.24, 2.45) is 0 Å². The van der Waals surface area contributed by atoms with Crippen molar-refractivity contribution in [1.82, 2.24) is 15.5 Å². The molecule has 1 amide bonds. The number of hydrogen-bond acceptors (Lipinski definition) is 6. The summed E-state index contributed by atoms with van der Waals surface area (Å²) < 4.78 is 16.3. The predicted molar refractivity (Wildman–Crippen MR) is 98.7 cm³/mol. The molecular formula is C19H29N3O4. The molecule has 1 saturated heterocycles. The van der Waals surface area contributed by atoms with Crippen molar-refractivity contribution in [1.29, 1.82) is 0 Å². The third-order valence-corrected chi connectivity index (χ3v) is 5.12. The average Bonchev–Trinajstić information content (AvgIpc) is 2.67. The van der Waals surface area contributed by atoms with Gasteiger partial charge in [-0.25, -0.2) is 0 Å². The van der Waals surface area contributed by atoms with Gasteiger partial charge >= 0.3 is 0 Å². The van der Waals surface area contributed by atoms with Crippen LogP contribution in [0.4, 0.5) is 0 Å². The van der Waals surface area contributed by atoms with E-state index >= 15 is 0 Å². The van der Waals surface area contributed by atoms with Gasteiger partial charge in [-0.05, 0) is 36.6 Å². The summed E-state index contributed by atoms with van der Waals surface area (Å²) in [7, 11) is 3.32. The Morgan fingerprint density at radius 3 is 2.73 bits per heavy atom. The smallest absolute Gasteiger partial charge is 0.239 e. The summed E-state index contributed by atoms with van der Waals surface area (Å²) in [4.78, 5) is 14.7. The fraction of sp³-hybridized carbons (Fsp3) is 0.632. The molecule has 0 saturated carbocycles. The number of ether oxygens (including phenoxy) is 3. The topological polar surface area (TPSA) is 72.1 Å². The normalized spacial score (nSPS) is 23.2. The van der Waals surface area contributed by atoms with Gasteiger partial charge < -0.3 is 24.8 Å². The van der Waals surface area contributed by atoms with E-state index in [1.54, 1.807) is 14.2 Å². The fourth-order valence-corrected chi connectivity index (χ4v) is 3.61. The summed E-state index contributed by atoms with van der Waals surface area (Å²) in [6.07, 6.45) is 0.881. The van der Waals surface area contributed by atoms with E-state index in [0.717, 1.165) is 44.1 Å². The first-order valence-corrected chi connectivity index (χ1v) is 9.21. The van der Waals surface area contributed by atoms with Crippen LogP contribution in [0.1, 0.15) is 18.1 Å². The first-order chi connectivity index (χ1) is 12.6. The number of amides is 1. The van der Waals surface area contributed by atoms with Gasteiger partial charge in [0, 0.05) is 32.7 Å². The Bertz CT molecular complexity index is 637. The zero-order valence-corrected chi connectivity index (χ0v) is 15.8. The molecule has 2 aliphatic heterocycles. The Morgan fingerprint density at radius 1 is 1.31 bits per heavy atom. The molecule has 7 nitrogen and oxygen atoms in total. The SMILES string of the molecule is COc1cc2c(cc1OC)CN(CCNC(=O)[C@H]1NCCO[C@@H]1C)CC2. The third-order valence-electron chi connectivity index (χ3n) is 5.12. The van der Waals surface area contributed by atoms with Crippen LogP contribution in [0, 0.1) is 0 Å². The molecule has 3 rings (SSSR count). The van der Waals surface area contributed by atoms with Gasteiger partial charge in [0.15, 0.2) is 11.5 Å². The number of fused-ring (bicyclic) bond motifs is 1. The highest BCUT2D eigenvalue weighted by atomic mass is 16.5. The monoisotopic (exact) mass is 363 g/mol. The number of carbonyl (C=O) groups excluding carboxylic acids is 1. The molecule has 2 aliphatic rings. The zero-order chi connectivity index (χ0) is 18.5. The van der Waals surface area contributed by atoms with E-state index < -0.39 is 0 Å². The van der Waals surface area contributed by atoms with Crippen LogP contribution >= 0.6 is 0 Å². The zero-order valence-electron chi connectivity index (χ0n) is 15.8. The number of morpholine rings is 1. The van der Waals surface area contributed by atoms with Gasteiger partial charge in [-0.2, -0.15) is 0 Å². The highest BCUT2D eigenvalue weighted by Crippen LogP contribution is 2.33. The first-order valence-electron chi connectivity index (χ1n) is 9.21. The molecule has 2 N–H and O–H groups in total. The predicted octanol–water partition coefficient (Wildman–Crippen LogP) is 0.555. The summed E-state index contributed by atoms with van der Waals surface area (Å²) in [5.74, 6) is 1.56. The van der Waals surface area contributed by atoms with Crippen molar-refractivity contribution in [3.8, 4) is 11.5 Å². The molecule has 26 heavy (non-hydrogen) atoms. The summed E-state index contributed by atoms with van der Waals surface area (Å²) >= 11 is 0. The summed E-state index contributed by atoms with van der Waals surface area (Å²) in [5, 5.41) is 6.24. The molecule has 0 spiro atoms. The number of rotatable bonds is 6. The van der Waals surface area contributed by atoms with Crippen molar-refractivity contribution in [2.45, 2.75) is 32.0 Å². The number of benzene rings is 1. The van der Waals surface area contributed by atoms with E-state index in [4.69, 9.17) is 14.2 Å². The number of nitrogens with zero attached hydrogens (tertiary/aromatic N) is 1. The molecule has 0 radical (unpaired) electrons. The standard InChI is InChI=1S/C19H29N3O4/c1-13-18(20-6-9-26-13)19(23)21-5-8-22-7-4-14-10-16(24-2)17(25-3)11-15(14)12-22/h10-11,13,18,20H,4-9,12H2,1-3H3,(H,21,23)/t13-,18+/m1/s1. The van der Waals surface area contributed by atoms with Gasteiger partial charge in [0.2, 0.25) is 5.91 Å². The maximum absolute atomic E-state index is 12.3. The van der Waals surface area contributed by atoms with Gasteiger partial charge in [-0.1, -0.05) is 0 Å². The van der Waals surface area contributed by atoms with Crippen LogP contribution in [0.2, 0.25) is 0 Å². The lowest BCUT2D eigenvalue weighted by molar-refractivity contribution is -0.128. The third kappa shape index (κ3) is 4.28. The molecule has 144 valence electrons. The van der Waals surface area contributed by atoms with E-state index in [-0.39, 0.29) is 18.1 Å². The van der Waals surface area contributed by atoms with Gasteiger partial charge in [-0.3, -0.25) is 9.69 Å². The van der Waals surface area contributed by atoms with E-state index in [1.807, 2.05) is 6.92 Å². The maximum Gasteiger partial charge on any atom is 0.239 e.